The summed E-state index contributed by atoms with van der Waals surface area (Å²) in [6.45, 7) is 3.94. The fourth-order valence-electron chi connectivity index (χ4n) is 1.88. The Morgan fingerprint density at radius 1 is 1.47 bits per heavy atom. The number of para-hydroxylation sites is 2. The topological polar surface area (TPSA) is 55.2 Å². The van der Waals surface area contributed by atoms with Crippen LogP contribution >= 0.6 is 0 Å². The Morgan fingerprint density at radius 3 is 2.84 bits per heavy atom. The SMILES string of the molecule is C=CCN(C)C(=O)c1nc2ccccc2n(C)c1=O. The summed E-state index contributed by atoms with van der Waals surface area (Å²) in [5.41, 5.74) is 0.875. The average Bonchev–Trinajstić information content (AvgIpc) is 2.42. The highest BCUT2D eigenvalue weighted by molar-refractivity contribution is 5.93. The second-order valence-corrected chi connectivity index (χ2v) is 4.29. The van der Waals surface area contributed by atoms with Crippen molar-refractivity contribution in [3.8, 4) is 0 Å². The monoisotopic (exact) mass is 257 g/mol. The number of aromatic nitrogens is 2. The van der Waals surface area contributed by atoms with E-state index >= 15 is 0 Å². The van der Waals surface area contributed by atoms with Gasteiger partial charge in [0.25, 0.3) is 11.5 Å². The van der Waals surface area contributed by atoms with Gasteiger partial charge >= 0.3 is 0 Å². The molecule has 2 rings (SSSR count). The molecule has 1 aromatic carbocycles. The van der Waals surface area contributed by atoms with E-state index < -0.39 is 5.91 Å². The van der Waals surface area contributed by atoms with E-state index in [1.54, 1.807) is 32.3 Å². The number of aryl methyl sites for hydroxylation is 1. The molecule has 0 spiro atoms. The van der Waals surface area contributed by atoms with Crippen LogP contribution < -0.4 is 5.56 Å². The first-order valence-corrected chi connectivity index (χ1v) is 5.88. The number of nitrogens with zero attached hydrogens (tertiary/aromatic N) is 3. The predicted molar refractivity (Wildman–Crippen MR) is 74.1 cm³/mol. The molecule has 1 heterocycles. The summed E-state index contributed by atoms with van der Waals surface area (Å²) in [4.78, 5) is 29.9. The van der Waals surface area contributed by atoms with Crippen LogP contribution in [0.4, 0.5) is 0 Å². The fraction of sp³-hybridized carbons (Fsp3) is 0.214. The van der Waals surface area contributed by atoms with Gasteiger partial charge in [0.1, 0.15) is 0 Å². The van der Waals surface area contributed by atoms with Crippen molar-refractivity contribution < 1.29 is 4.79 Å². The molecular formula is C14H15N3O2. The molecule has 19 heavy (non-hydrogen) atoms. The molecule has 0 aliphatic carbocycles. The van der Waals surface area contributed by atoms with Crippen molar-refractivity contribution >= 4 is 16.9 Å². The summed E-state index contributed by atoms with van der Waals surface area (Å²) < 4.78 is 1.44. The fourth-order valence-corrected chi connectivity index (χ4v) is 1.88. The van der Waals surface area contributed by atoms with Crippen LogP contribution in [-0.4, -0.2) is 34.0 Å². The molecule has 98 valence electrons. The Bertz CT molecular complexity index is 703. The molecule has 0 N–H and O–H groups in total. The minimum Gasteiger partial charge on any atom is -0.336 e. The van der Waals surface area contributed by atoms with Crippen molar-refractivity contribution in [1.29, 1.82) is 0 Å². The first-order valence-electron chi connectivity index (χ1n) is 5.88. The summed E-state index contributed by atoms with van der Waals surface area (Å²) in [5, 5.41) is 0. The molecule has 5 heteroatoms. The third-order valence-electron chi connectivity index (χ3n) is 2.93. The van der Waals surface area contributed by atoms with Crippen LogP contribution in [-0.2, 0) is 7.05 Å². The quantitative estimate of drug-likeness (QED) is 0.776. The normalized spacial score (nSPS) is 10.4. The highest BCUT2D eigenvalue weighted by atomic mass is 16.2. The zero-order valence-electron chi connectivity index (χ0n) is 11.0. The second-order valence-electron chi connectivity index (χ2n) is 4.29. The highest BCUT2D eigenvalue weighted by Crippen LogP contribution is 2.09. The predicted octanol–water partition coefficient (Wildman–Crippen LogP) is 1.19. The van der Waals surface area contributed by atoms with Crippen LogP contribution in [0.3, 0.4) is 0 Å². The molecule has 1 amide bonds. The van der Waals surface area contributed by atoms with E-state index in [1.807, 2.05) is 12.1 Å². The summed E-state index contributed by atoms with van der Waals surface area (Å²) in [7, 11) is 3.25. The van der Waals surface area contributed by atoms with Gasteiger partial charge in [-0.05, 0) is 12.1 Å². The second kappa shape index (κ2) is 5.06. The van der Waals surface area contributed by atoms with Gasteiger partial charge in [0, 0.05) is 20.6 Å². The van der Waals surface area contributed by atoms with Crippen molar-refractivity contribution in [3.63, 3.8) is 0 Å². The molecule has 0 aliphatic heterocycles. The lowest BCUT2D eigenvalue weighted by Crippen LogP contribution is -2.35. The molecule has 0 atom stereocenters. The maximum Gasteiger partial charge on any atom is 0.282 e. The van der Waals surface area contributed by atoms with Crippen molar-refractivity contribution in [2.75, 3.05) is 13.6 Å². The molecule has 2 aromatic rings. The van der Waals surface area contributed by atoms with Gasteiger partial charge in [0.15, 0.2) is 5.69 Å². The zero-order chi connectivity index (χ0) is 14.0. The van der Waals surface area contributed by atoms with Gasteiger partial charge in [-0.15, -0.1) is 6.58 Å². The number of benzene rings is 1. The molecule has 0 bridgehead atoms. The van der Waals surface area contributed by atoms with Gasteiger partial charge in [-0.2, -0.15) is 0 Å². The van der Waals surface area contributed by atoms with Crippen LogP contribution in [0.15, 0.2) is 41.7 Å². The average molecular weight is 257 g/mol. The molecule has 0 saturated heterocycles. The summed E-state index contributed by atoms with van der Waals surface area (Å²) in [5.74, 6) is -0.397. The lowest BCUT2D eigenvalue weighted by molar-refractivity contribution is 0.0802. The Kier molecular flexibility index (Phi) is 3.46. The maximum atomic E-state index is 12.2. The van der Waals surface area contributed by atoms with Crippen molar-refractivity contribution in [2.24, 2.45) is 7.05 Å². The molecule has 0 aliphatic rings. The van der Waals surface area contributed by atoms with Crippen LogP contribution in [0.1, 0.15) is 10.5 Å². The van der Waals surface area contributed by atoms with Crippen molar-refractivity contribution in [1.82, 2.24) is 14.5 Å². The number of fused-ring (bicyclic) bond motifs is 1. The molecule has 5 nitrogen and oxygen atoms in total. The molecule has 0 unspecified atom stereocenters. The Labute approximate surface area is 110 Å². The van der Waals surface area contributed by atoms with Crippen LogP contribution in [0.2, 0.25) is 0 Å². The minimum absolute atomic E-state index is 0.0643. The Hall–Kier alpha value is -2.43. The van der Waals surface area contributed by atoms with Gasteiger partial charge in [-0.1, -0.05) is 18.2 Å². The Morgan fingerprint density at radius 2 is 2.16 bits per heavy atom. The van der Waals surface area contributed by atoms with E-state index in [4.69, 9.17) is 0 Å². The number of hydrogen-bond donors (Lipinski definition) is 0. The van der Waals surface area contributed by atoms with Gasteiger partial charge < -0.3 is 9.47 Å². The van der Waals surface area contributed by atoms with E-state index in [1.165, 1.54) is 9.47 Å². The lowest BCUT2D eigenvalue weighted by Gasteiger charge is -2.15. The molecular weight excluding hydrogens is 242 g/mol. The van der Waals surface area contributed by atoms with Gasteiger partial charge in [-0.25, -0.2) is 4.98 Å². The van der Waals surface area contributed by atoms with Gasteiger partial charge in [0.2, 0.25) is 0 Å². The van der Waals surface area contributed by atoms with Crippen molar-refractivity contribution in [2.45, 2.75) is 0 Å². The third kappa shape index (κ3) is 2.27. The number of carbonyl (C=O) groups excluding carboxylic acids is 1. The number of amides is 1. The first kappa shape index (κ1) is 13.0. The standard InChI is InChI=1S/C14H15N3O2/c1-4-9-16(2)13(18)12-14(19)17(3)11-8-6-5-7-10(11)15-12/h4-8H,1,9H2,2-3H3. The van der Waals surface area contributed by atoms with E-state index in [0.717, 1.165) is 0 Å². The summed E-state index contributed by atoms with van der Waals surface area (Å²) >= 11 is 0. The summed E-state index contributed by atoms with van der Waals surface area (Å²) in [6.07, 6.45) is 1.60. The van der Waals surface area contributed by atoms with Gasteiger partial charge in [0.05, 0.1) is 11.0 Å². The zero-order valence-corrected chi connectivity index (χ0v) is 11.0. The Balaban J connectivity index is 2.62. The van der Waals surface area contributed by atoms with E-state index in [2.05, 4.69) is 11.6 Å². The van der Waals surface area contributed by atoms with Crippen LogP contribution in [0, 0.1) is 0 Å². The number of likely N-dealkylation sites (N-methyl/N-ethyl adjacent to an activating group) is 1. The largest absolute Gasteiger partial charge is 0.336 e. The molecule has 1 aromatic heterocycles. The molecule has 0 saturated carbocycles. The van der Waals surface area contributed by atoms with Crippen LogP contribution in [0.25, 0.3) is 11.0 Å². The van der Waals surface area contributed by atoms with E-state index in [0.29, 0.717) is 17.6 Å². The number of hydrogen-bond acceptors (Lipinski definition) is 3. The highest BCUT2D eigenvalue weighted by Gasteiger charge is 2.18. The van der Waals surface area contributed by atoms with Gasteiger partial charge in [-0.3, -0.25) is 9.59 Å². The van der Waals surface area contributed by atoms with Crippen molar-refractivity contribution in [3.05, 3.63) is 53.0 Å². The van der Waals surface area contributed by atoms with E-state index in [-0.39, 0.29) is 11.3 Å². The van der Waals surface area contributed by atoms with Crippen LogP contribution in [0.5, 0.6) is 0 Å². The third-order valence-corrected chi connectivity index (χ3v) is 2.93. The lowest BCUT2D eigenvalue weighted by atomic mass is 10.2. The maximum absolute atomic E-state index is 12.2. The summed E-state index contributed by atoms with van der Waals surface area (Å²) in [6, 6.07) is 7.22. The molecule has 0 radical (unpaired) electrons. The minimum atomic E-state index is -0.397. The molecule has 0 fully saturated rings. The first-order chi connectivity index (χ1) is 9.06. The number of rotatable bonds is 3. The number of carbonyl (C=O) groups is 1. The smallest absolute Gasteiger partial charge is 0.282 e. The van der Waals surface area contributed by atoms with E-state index in [9.17, 15) is 9.59 Å².